The van der Waals surface area contributed by atoms with Crippen LogP contribution in [0.5, 0.6) is 0 Å². The molecule has 1 fully saturated rings. The molecule has 1 aromatic rings. The predicted octanol–water partition coefficient (Wildman–Crippen LogP) is 3.05. The third-order valence-electron chi connectivity index (χ3n) is 3.89. The largest absolute Gasteiger partial charge is 0.394 e. The van der Waals surface area contributed by atoms with Crippen LogP contribution in [-0.2, 0) is 0 Å². The minimum atomic E-state index is 0.00791. The first-order chi connectivity index (χ1) is 9.65. The number of benzene rings is 1. The molecule has 1 aromatic carbocycles. The van der Waals surface area contributed by atoms with Gasteiger partial charge >= 0.3 is 0 Å². The summed E-state index contributed by atoms with van der Waals surface area (Å²) in [5.74, 6) is 0. The lowest BCUT2D eigenvalue weighted by atomic mass is 10.0. The Bertz CT molecular complexity index is 434. The molecule has 2 rings (SSSR count). The third-order valence-corrected chi connectivity index (χ3v) is 4.63. The first-order valence-electron chi connectivity index (χ1n) is 7.18. The lowest BCUT2D eigenvalue weighted by Crippen LogP contribution is -2.48. The van der Waals surface area contributed by atoms with Gasteiger partial charge < -0.3 is 10.0 Å². The average molecular weight is 317 g/mol. The fourth-order valence-corrected chi connectivity index (χ4v) is 3.07. The van der Waals surface area contributed by atoms with Crippen molar-refractivity contribution in [3.63, 3.8) is 0 Å². The summed E-state index contributed by atoms with van der Waals surface area (Å²) in [7, 11) is 0. The summed E-state index contributed by atoms with van der Waals surface area (Å²) in [4.78, 5) is 4.80. The second-order valence-corrected chi connectivity index (χ2v) is 6.06. The Balaban J connectivity index is 2.03. The van der Waals surface area contributed by atoms with Crippen molar-refractivity contribution >= 4 is 23.2 Å². The zero-order valence-corrected chi connectivity index (χ0v) is 13.4. The molecule has 1 aliphatic rings. The van der Waals surface area contributed by atoms with Crippen molar-refractivity contribution in [2.45, 2.75) is 19.4 Å². The molecule has 3 nitrogen and oxygen atoms in total. The molecule has 0 spiro atoms. The summed E-state index contributed by atoms with van der Waals surface area (Å²) < 4.78 is 0. The fourth-order valence-electron chi connectivity index (χ4n) is 2.77. The Labute approximate surface area is 131 Å². The van der Waals surface area contributed by atoms with Crippen molar-refractivity contribution in [1.82, 2.24) is 9.80 Å². The van der Waals surface area contributed by atoms with Gasteiger partial charge in [-0.25, -0.2) is 0 Å². The Hall–Kier alpha value is -0.320. The van der Waals surface area contributed by atoms with Gasteiger partial charge in [-0.05, 0) is 30.7 Å². The smallest absolute Gasteiger partial charge is 0.0628 e. The molecule has 0 aliphatic carbocycles. The van der Waals surface area contributed by atoms with Crippen molar-refractivity contribution in [3.8, 4) is 0 Å². The highest BCUT2D eigenvalue weighted by Crippen LogP contribution is 2.28. The monoisotopic (exact) mass is 316 g/mol. The Morgan fingerprint density at radius 2 is 1.85 bits per heavy atom. The van der Waals surface area contributed by atoms with E-state index in [0.29, 0.717) is 10.0 Å². The van der Waals surface area contributed by atoms with Gasteiger partial charge in [0, 0.05) is 26.2 Å². The topological polar surface area (TPSA) is 26.7 Å². The predicted molar refractivity (Wildman–Crippen MR) is 84.6 cm³/mol. The van der Waals surface area contributed by atoms with Crippen molar-refractivity contribution in [3.05, 3.63) is 33.8 Å². The maximum absolute atomic E-state index is 9.73. The quantitative estimate of drug-likeness (QED) is 0.904. The van der Waals surface area contributed by atoms with E-state index in [1.165, 1.54) is 6.42 Å². The number of aliphatic hydroxyl groups excluding tert-OH is 1. The molecule has 0 bridgehead atoms. The second kappa shape index (κ2) is 7.62. The van der Waals surface area contributed by atoms with E-state index in [1.807, 2.05) is 12.1 Å². The van der Waals surface area contributed by atoms with Crippen LogP contribution in [-0.4, -0.2) is 54.2 Å². The average Bonchev–Trinajstić information content (AvgIpc) is 2.46. The summed E-state index contributed by atoms with van der Waals surface area (Å²) in [5.41, 5.74) is 1.03. The molecule has 1 atom stereocenters. The Morgan fingerprint density at radius 3 is 2.40 bits per heavy atom. The molecule has 0 aromatic heterocycles. The van der Waals surface area contributed by atoms with E-state index >= 15 is 0 Å². The molecular formula is C15H22Cl2N2O. The van der Waals surface area contributed by atoms with Crippen LogP contribution in [0.25, 0.3) is 0 Å². The third kappa shape index (κ3) is 3.86. The number of aliphatic hydroxyl groups is 1. The highest BCUT2D eigenvalue weighted by molar-refractivity contribution is 6.42. The molecule has 0 amide bonds. The molecule has 0 saturated carbocycles. The fraction of sp³-hybridized carbons (Fsp3) is 0.600. The van der Waals surface area contributed by atoms with Crippen LogP contribution in [0.4, 0.5) is 0 Å². The molecule has 1 N–H and O–H groups in total. The number of hydrogen-bond donors (Lipinski definition) is 1. The first kappa shape index (κ1) is 16.1. The number of halogens is 2. The zero-order chi connectivity index (χ0) is 14.5. The van der Waals surface area contributed by atoms with Gasteiger partial charge in [0.05, 0.1) is 22.7 Å². The first-order valence-corrected chi connectivity index (χ1v) is 7.93. The van der Waals surface area contributed by atoms with Crippen molar-refractivity contribution in [2.24, 2.45) is 0 Å². The van der Waals surface area contributed by atoms with Gasteiger partial charge in [-0.3, -0.25) is 4.90 Å². The summed E-state index contributed by atoms with van der Waals surface area (Å²) in [6.07, 6.45) is 1.19. The van der Waals surface area contributed by atoms with E-state index in [4.69, 9.17) is 23.2 Å². The van der Waals surface area contributed by atoms with E-state index in [2.05, 4.69) is 16.7 Å². The molecule has 0 radical (unpaired) electrons. The number of nitrogens with zero attached hydrogens (tertiary/aromatic N) is 2. The standard InChI is InChI=1S/C15H22Cl2N2O/c1-2-5-18-6-8-19(9-7-18)15(11-20)12-3-4-13(16)14(17)10-12/h3-4,10,15,20H,2,5-9,11H2,1H3. The van der Waals surface area contributed by atoms with Gasteiger partial charge in [0.25, 0.3) is 0 Å². The minimum absolute atomic E-state index is 0.00791. The summed E-state index contributed by atoms with van der Waals surface area (Å²) in [6.45, 7) is 7.54. The van der Waals surface area contributed by atoms with Gasteiger partial charge in [-0.1, -0.05) is 36.2 Å². The van der Waals surface area contributed by atoms with Gasteiger partial charge in [0.15, 0.2) is 0 Å². The van der Waals surface area contributed by atoms with Crippen LogP contribution in [0.2, 0.25) is 10.0 Å². The van der Waals surface area contributed by atoms with Gasteiger partial charge in [0.1, 0.15) is 0 Å². The Morgan fingerprint density at radius 1 is 1.15 bits per heavy atom. The van der Waals surface area contributed by atoms with Gasteiger partial charge in [-0.15, -0.1) is 0 Å². The summed E-state index contributed by atoms with van der Waals surface area (Å²) in [5, 5.41) is 10.8. The molecule has 5 heteroatoms. The maximum atomic E-state index is 9.73. The highest BCUT2D eigenvalue weighted by Gasteiger charge is 2.24. The van der Waals surface area contributed by atoms with Crippen molar-refractivity contribution in [2.75, 3.05) is 39.3 Å². The summed E-state index contributed by atoms with van der Waals surface area (Å²) >= 11 is 12.0. The normalized spacial score (nSPS) is 19.2. The molecule has 20 heavy (non-hydrogen) atoms. The molecule has 1 unspecified atom stereocenters. The number of piperazine rings is 1. The second-order valence-electron chi connectivity index (χ2n) is 5.25. The number of rotatable bonds is 5. The lowest BCUT2D eigenvalue weighted by molar-refractivity contribution is 0.0651. The SMILES string of the molecule is CCCN1CCN(C(CO)c2ccc(Cl)c(Cl)c2)CC1. The van der Waals surface area contributed by atoms with Gasteiger partial charge in [-0.2, -0.15) is 0 Å². The van der Waals surface area contributed by atoms with Crippen LogP contribution >= 0.6 is 23.2 Å². The molecule has 112 valence electrons. The summed E-state index contributed by atoms with van der Waals surface area (Å²) in [6, 6.07) is 5.62. The number of hydrogen-bond acceptors (Lipinski definition) is 3. The van der Waals surface area contributed by atoms with Crippen LogP contribution in [0.1, 0.15) is 24.9 Å². The molecular weight excluding hydrogens is 295 g/mol. The molecule has 1 saturated heterocycles. The molecule has 1 aliphatic heterocycles. The van der Waals surface area contributed by atoms with Crippen molar-refractivity contribution < 1.29 is 5.11 Å². The zero-order valence-electron chi connectivity index (χ0n) is 11.9. The van der Waals surface area contributed by atoms with E-state index < -0.39 is 0 Å². The van der Waals surface area contributed by atoms with Crippen molar-refractivity contribution in [1.29, 1.82) is 0 Å². The van der Waals surface area contributed by atoms with E-state index in [9.17, 15) is 5.11 Å². The van der Waals surface area contributed by atoms with E-state index in [0.717, 1.165) is 38.3 Å². The molecule has 1 heterocycles. The van der Waals surface area contributed by atoms with E-state index in [-0.39, 0.29) is 12.6 Å². The van der Waals surface area contributed by atoms with Crippen LogP contribution < -0.4 is 0 Å². The van der Waals surface area contributed by atoms with Gasteiger partial charge in [0.2, 0.25) is 0 Å². The lowest BCUT2D eigenvalue weighted by Gasteiger charge is -2.38. The maximum Gasteiger partial charge on any atom is 0.0628 e. The minimum Gasteiger partial charge on any atom is -0.394 e. The van der Waals surface area contributed by atoms with Crippen LogP contribution in [0, 0.1) is 0 Å². The Kier molecular flexibility index (Phi) is 6.12. The highest BCUT2D eigenvalue weighted by atomic mass is 35.5. The van der Waals surface area contributed by atoms with Crippen LogP contribution in [0.3, 0.4) is 0 Å². The van der Waals surface area contributed by atoms with E-state index in [1.54, 1.807) is 6.07 Å². The van der Waals surface area contributed by atoms with Crippen LogP contribution in [0.15, 0.2) is 18.2 Å².